The van der Waals surface area contributed by atoms with Crippen LogP contribution in [0, 0.1) is 0 Å². The van der Waals surface area contributed by atoms with Crippen LogP contribution < -0.4 is 15.9 Å². The lowest BCUT2D eigenvalue weighted by Crippen LogP contribution is -2.30. The number of rotatable bonds is 6. The SMILES string of the molecule is CN(C)P(=O)(N(C)C)N(C)C.c1ccc(P(c2ccccc2)c2ccccc2)cc1. The number of nitrogens with zero attached hydrogens (tertiary/aromatic N) is 3. The van der Waals surface area contributed by atoms with Gasteiger partial charge in [-0.05, 0) is 66.1 Å². The molecule has 160 valence electrons. The van der Waals surface area contributed by atoms with Gasteiger partial charge in [0.25, 0.3) is 7.59 Å². The lowest BCUT2D eigenvalue weighted by molar-refractivity contribution is 0.383. The van der Waals surface area contributed by atoms with Gasteiger partial charge in [-0.15, -0.1) is 0 Å². The van der Waals surface area contributed by atoms with Crippen LogP contribution in [0.4, 0.5) is 0 Å². The first-order valence-electron chi connectivity index (χ1n) is 9.87. The van der Waals surface area contributed by atoms with Gasteiger partial charge in [0.1, 0.15) is 0 Å². The Balaban J connectivity index is 0.000000252. The molecule has 0 saturated heterocycles. The van der Waals surface area contributed by atoms with Crippen molar-refractivity contribution in [3.05, 3.63) is 91.0 Å². The summed E-state index contributed by atoms with van der Waals surface area (Å²) in [5, 5.41) is 4.19. The molecular formula is C24H33N3OP2. The molecule has 0 saturated carbocycles. The molecule has 6 heteroatoms. The molecule has 3 aromatic rings. The second-order valence-electron chi connectivity index (χ2n) is 7.40. The van der Waals surface area contributed by atoms with E-state index in [1.54, 1.807) is 14.0 Å². The summed E-state index contributed by atoms with van der Waals surface area (Å²) in [7, 11) is 8.04. The Morgan fingerprint density at radius 3 is 0.900 bits per heavy atom. The molecule has 3 aromatic carbocycles. The monoisotopic (exact) mass is 441 g/mol. The van der Waals surface area contributed by atoms with Crippen LogP contribution in [0.5, 0.6) is 0 Å². The Morgan fingerprint density at radius 1 is 0.500 bits per heavy atom. The summed E-state index contributed by atoms with van der Waals surface area (Å²) in [5.41, 5.74) is 0. The lowest BCUT2D eigenvalue weighted by atomic mass is 10.4. The van der Waals surface area contributed by atoms with Crippen LogP contribution in [0.3, 0.4) is 0 Å². The van der Waals surface area contributed by atoms with Crippen molar-refractivity contribution in [2.75, 3.05) is 42.3 Å². The first-order chi connectivity index (χ1) is 14.3. The van der Waals surface area contributed by atoms with Gasteiger partial charge in [0.15, 0.2) is 0 Å². The average molecular weight is 441 g/mol. The Bertz CT molecular complexity index is 795. The minimum absolute atomic E-state index is 0.446. The fraction of sp³-hybridized carbons (Fsp3) is 0.250. The number of hydrogen-bond donors (Lipinski definition) is 0. The molecule has 3 rings (SSSR count). The highest BCUT2D eigenvalue weighted by Crippen LogP contribution is 2.50. The van der Waals surface area contributed by atoms with Crippen molar-refractivity contribution in [3.63, 3.8) is 0 Å². The minimum atomic E-state index is -2.44. The van der Waals surface area contributed by atoms with Crippen LogP contribution in [0.15, 0.2) is 91.0 Å². The van der Waals surface area contributed by atoms with Gasteiger partial charge in [-0.25, -0.2) is 14.0 Å². The Hall–Kier alpha value is -1.80. The molecule has 0 fully saturated rings. The molecule has 0 aliphatic heterocycles. The van der Waals surface area contributed by atoms with E-state index in [9.17, 15) is 4.57 Å². The van der Waals surface area contributed by atoms with E-state index in [2.05, 4.69) is 91.0 Å². The normalized spacial score (nSPS) is 11.7. The molecule has 0 unspecified atom stereocenters. The summed E-state index contributed by atoms with van der Waals surface area (Å²) in [5.74, 6) is 0. The zero-order chi connectivity index (χ0) is 22.1. The molecule has 0 amide bonds. The highest BCUT2D eigenvalue weighted by Gasteiger charge is 2.30. The Kier molecular flexibility index (Phi) is 9.42. The van der Waals surface area contributed by atoms with Crippen molar-refractivity contribution in [2.45, 2.75) is 0 Å². The summed E-state index contributed by atoms with van der Waals surface area (Å²) in [4.78, 5) is 0. The van der Waals surface area contributed by atoms with Gasteiger partial charge < -0.3 is 0 Å². The summed E-state index contributed by atoms with van der Waals surface area (Å²) >= 11 is 0. The van der Waals surface area contributed by atoms with Crippen molar-refractivity contribution in [1.82, 2.24) is 14.0 Å². The van der Waals surface area contributed by atoms with Gasteiger partial charge in [-0.2, -0.15) is 0 Å². The maximum atomic E-state index is 12.1. The van der Waals surface area contributed by atoms with Crippen molar-refractivity contribution >= 4 is 31.4 Å². The third-order valence-corrected chi connectivity index (χ3v) is 10.2. The van der Waals surface area contributed by atoms with E-state index in [-0.39, 0.29) is 0 Å². The summed E-state index contributed by atoms with van der Waals surface area (Å²) in [6, 6.07) is 32.3. The molecule has 0 N–H and O–H groups in total. The van der Waals surface area contributed by atoms with Gasteiger partial charge in [-0.1, -0.05) is 91.0 Å². The van der Waals surface area contributed by atoms with Gasteiger partial charge in [-0.3, -0.25) is 4.57 Å². The first kappa shape index (κ1) is 24.5. The quantitative estimate of drug-likeness (QED) is 0.535. The zero-order valence-corrected chi connectivity index (χ0v) is 20.6. The highest BCUT2D eigenvalue weighted by atomic mass is 31.2. The molecule has 0 atom stereocenters. The van der Waals surface area contributed by atoms with E-state index in [1.165, 1.54) is 15.9 Å². The summed E-state index contributed by atoms with van der Waals surface area (Å²) in [6.07, 6.45) is 0. The third kappa shape index (κ3) is 6.11. The average Bonchev–Trinajstić information content (AvgIpc) is 2.75. The third-order valence-electron chi connectivity index (χ3n) is 4.61. The number of benzene rings is 3. The molecule has 0 heterocycles. The molecule has 30 heavy (non-hydrogen) atoms. The van der Waals surface area contributed by atoms with Crippen LogP contribution in [0.25, 0.3) is 0 Å². The molecular weight excluding hydrogens is 408 g/mol. The van der Waals surface area contributed by atoms with Crippen LogP contribution in [0.2, 0.25) is 0 Å². The van der Waals surface area contributed by atoms with Crippen LogP contribution >= 0.6 is 15.5 Å². The zero-order valence-electron chi connectivity index (χ0n) is 18.8. The van der Waals surface area contributed by atoms with E-state index in [4.69, 9.17) is 0 Å². The van der Waals surface area contributed by atoms with Gasteiger partial charge in [0.2, 0.25) is 0 Å². The van der Waals surface area contributed by atoms with E-state index in [0.717, 1.165) is 0 Å². The molecule has 0 aliphatic carbocycles. The van der Waals surface area contributed by atoms with Gasteiger partial charge >= 0.3 is 0 Å². The van der Waals surface area contributed by atoms with E-state index in [1.807, 2.05) is 42.3 Å². The highest BCUT2D eigenvalue weighted by molar-refractivity contribution is 7.79. The summed E-state index contributed by atoms with van der Waals surface area (Å²) in [6.45, 7) is 0. The van der Waals surface area contributed by atoms with Crippen molar-refractivity contribution in [3.8, 4) is 0 Å². The maximum absolute atomic E-state index is 12.1. The largest absolute Gasteiger partial charge is 0.285 e. The van der Waals surface area contributed by atoms with E-state index >= 15 is 0 Å². The maximum Gasteiger partial charge on any atom is 0.285 e. The van der Waals surface area contributed by atoms with Gasteiger partial charge in [0, 0.05) is 0 Å². The lowest BCUT2D eigenvalue weighted by Gasteiger charge is -2.34. The first-order valence-corrected chi connectivity index (χ1v) is 12.8. The molecule has 0 aromatic heterocycles. The second kappa shape index (κ2) is 11.6. The molecule has 0 aliphatic rings. The fourth-order valence-electron chi connectivity index (χ4n) is 3.25. The van der Waals surface area contributed by atoms with Crippen molar-refractivity contribution < 1.29 is 4.57 Å². The predicted octanol–water partition coefficient (Wildman–Crippen LogP) is 4.22. The number of hydrogen-bond acceptors (Lipinski definition) is 1. The molecule has 0 spiro atoms. The van der Waals surface area contributed by atoms with Crippen molar-refractivity contribution in [1.29, 1.82) is 0 Å². The molecule has 4 nitrogen and oxygen atoms in total. The fourth-order valence-corrected chi connectivity index (χ4v) is 7.70. The topological polar surface area (TPSA) is 26.8 Å². The van der Waals surface area contributed by atoms with Crippen LogP contribution in [0.1, 0.15) is 0 Å². The van der Waals surface area contributed by atoms with E-state index < -0.39 is 15.5 Å². The van der Waals surface area contributed by atoms with Gasteiger partial charge in [0.05, 0.1) is 0 Å². The van der Waals surface area contributed by atoms with Crippen molar-refractivity contribution in [2.24, 2.45) is 0 Å². The molecule has 0 bridgehead atoms. The van der Waals surface area contributed by atoms with Crippen LogP contribution in [-0.2, 0) is 4.57 Å². The van der Waals surface area contributed by atoms with Crippen LogP contribution in [-0.4, -0.2) is 56.3 Å². The Morgan fingerprint density at radius 2 is 0.733 bits per heavy atom. The standard InChI is InChI=1S/C18H15P.C6H18N3OP/c1-4-10-16(11-5-1)19(17-12-6-2-7-13-17)18-14-8-3-9-15-18;1-7(2)11(10,8(3)4)9(5)6/h1-15H;1-6H3. The Labute approximate surface area is 183 Å². The smallest absolute Gasteiger partial charge is 0.270 e. The minimum Gasteiger partial charge on any atom is -0.270 e. The second-order valence-corrected chi connectivity index (χ2v) is 13.0. The summed E-state index contributed by atoms with van der Waals surface area (Å²) < 4.78 is 17.3. The predicted molar refractivity (Wildman–Crippen MR) is 134 cm³/mol. The molecule has 0 radical (unpaired) electrons. The van der Waals surface area contributed by atoms with E-state index in [0.29, 0.717) is 0 Å².